The van der Waals surface area contributed by atoms with Crippen LogP contribution in [0, 0.1) is 5.82 Å². The van der Waals surface area contributed by atoms with E-state index in [0.29, 0.717) is 5.75 Å². The molecule has 6 nitrogen and oxygen atoms in total. The molecule has 0 aliphatic rings. The van der Waals surface area contributed by atoms with Crippen LogP contribution in [0.15, 0.2) is 42.5 Å². The SMILES string of the molecule is COc1c(Cl)ccc(-c2nc(NO)c(Cl)c(C(=O)SCc3ccccc3)n2)c1F. The second-order valence-electron chi connectivity index (χ2n) is 5.67. The van der Waals surface area contributed by atoms with Gasteiger partial charge in [-0.3, -0.25) is 15.5 Å². The number of rotatable bonds is 6. The van der Waals surface area contributed by atoms with Gasteiger partial charge in [0, 0.05) is 5.75 Å². The van der Waals surface area contributed by atoms with E-state index in [-0.39, 0.29) is 38.7 Å². The molecule has 3 rings (SSSR count). The fourth-order valence-corrected chi connectivity index (χ4v) is 3.73. The van der Waals surface area contributed by atoms with Crippen molar-refractivity contribution in [3.05, 3.63) is 69.6 Å². The zero-order chi connectivity index (χ0) is 21.0. The smallest absolute Gasteiger partial charge is 0.239 e. The number of halogens is 3. The number of methoxy groups -OCH3 is 1. The summed E-state index contributed by atoms with van der Waals surface area (Å²) in [5.41, 5.74) is 2.51. The lowest BCUT2D eigenvalue weighted by Crippen LogP contribution is -2.08. The Balaban J connectivity index is 2.00. The quantitative estimate of drug-likeness (QED) is 0.478. The van der Waals surface area contributed by atoms with E-state index in [1.165, 1.54) is 19.2 Å². The predicted molar refractivity (Wildman–Crippen MR) is 111 cm³/mol. The van der Waals surface area contributed by atoms with Crippen molar-refractivity contribution in [1.82, 2.24) is 9.97 Å². The summed E-state index contributed by atoms with van der Waals surface area (Å²) in [4.78, 5) is 20.8. The molecule has 0 aliphatic heterocycles. The van der Waals surface area contributed by atoms with Crippen LogP contribution in [-0.4, -0.2) is 27.4 Å². The second-order valence-corrected chi connectivity index (χ2v) is 7.41. The minimum absolute atomic E-state index is 0.0675. The van der Waals surface area contributed by atoms with Crippen LogP contribution < -0.4 is 10.2 Å². The van der Waals surface area contributed by atoms with Crippen LogP contribution in [0.1, 0.15) is 16.1 Å². The Bertz CT molecular complexity index is 1050. The number of thioether (sulfide) groups is 1. The standard InChI is InChI=1S/C19H14Cl2FN3O3S/c1-28-16-12(20)8-7-11(14(16)22)17-23-15(13(21)18(24-17)25-27)19(26)29-9-10-5-3-2-4-6-10/h2-8,27H,9H2,1H3,(H,23,24,25). The minimum atomic E-state index is -0.804. The molecule has 0 fully saturated rings. The summed E-state index contributed by atoms with van der Waals surface area (Å²) in [5.74, 6) is -0.995. The zero-order valence-corrected chi connectivity index (χ0v) is 17.3. The molecule has 2 N–H and O–H groups in total. The summed E-state index contributed by atoms with van der Waals surface area (Å²) < 4.78 is 19.7. The van der Waals surface area contributed by atoms with Gasteiger partial charge in [0.25, 0.3) is 0 Å². The first-order chi connectivity index (χ1) is 14.0. The molecule has 0 aliphatic carbocycles. The number of anilines is 1. The van der Waals surface area contributed by atoms with Gasteiger partial charge in [-0.1, -0.05) is 65.3 Å². The number of carbonyl (C=O) groups is 1. The predicted octanol–water partition coefficient (Wildman–Crippen LogP) is 5.47. The van der Waals surface area contributed by atoms with E-state index in [0.717, 1.165) is 17.3 Å². The van der Waals surface area contributed by atoms with Crippen molar-refractivity contribution >= 4 is 45.9 Å². The van der Waals surface area contributed by atoms with Crippen LogP contribution in [-0.2, 0) is 5.75 Å². The average molecular weight is 454 g/mol. The summed E-state index contributed by atoms with van der Waals surface area (Å²) in [7, 11) is 1.27. The van der Waals surface area contributed by atoms with Crippen molar-refractivity contribution in [2.75, 3.05) is 12.6 Å². The summed E-state index contributed by atoms with van der Waals surface area (Å²) in [6.07, 6.45) is 0. The van der Waals surface area contributed by atoms with Crippen molar-refractivity contribution in [3.63, 3.8) is 0 Å². The first kappa shape index (κ1) is 21.3. The van der Waals surface area contributed by atoms with E-state index in [1.54, 1.807) is 0 Å². The molecule has 150 valence electrons. The van der Waals surface area contributed by atoms with Crippen LogP contribution in [0.2, 0.25) is 10.0 Å². The number of nitrogens with one attached hydrogen (secondary N) is 1. The Morgan fingerprint density at radius 2 is 1.93 bits per heavy atom. The van der Waals surface area contributed by atoms with Crippen LogP contribution in [0.25, 0.3) is 11.4 Å². The summed E-state index contributed by atoms with van der Waals surface area (Å²) in [6.45, 7) is 0. The number of hydrogen-bond acceptors (Lipinski definition) is 7. The van der Waals surface area contributed by atoms with E-state index in [2.05, 4.69) is 9.97 Å². The Kier molecular flexibility index (Phi) is 6.92. The van der Waals surface area contributed by atoms with Gasteiger partial charge in [-0.25, -0.2) is 14.4 Å². The maximum Gasteiger partial charge on any atom is 0.239 e. The average Bonchev–Trinajstić information content (AvgIpc) is 2.73. The topological polar surface area (TPSA) is 84.3 Å². The normalized spacial score (nSPS) is 10.7. The molecular formula is C19H14Cl2FN3O3S. The van der Waals surface area contributed by atoms with Gasteiger partial charge in [0.1, 0.15) is 10.7 Å². The number of nitrogens with zero attached hydrogens (tertiary/aromatic N) is 2. The van der Waals surface area contributed by atoms with Crippen LogP contribution in [0.5, 0.6) is 5.75 Å². The third kappa shape index (κ3) is 4.62. The fraction of sp³-hybridized carbons (Fsp3) is 0.105. The molecule has 0 spiro atoms. The monoisotopic (exact) mass is 453 g/mol. The van der Waals surface area contributed by atoms with Gasteiger partial charge in [-0.2, -0.15) is 0 Å². The summed E-state index contributed by atoms with van der Waals surface area (Å²) in [6, 6.07) is 12.1. The third-order valence-electron chi connectivity index (χ3n) is 3.86. The van der Waals surface area contributed by atoms with E-state index in [9.17, 15) is 14.4 Å². The molecule has 0 atom stereocenters. The lowest BCUT2D eigenvalue weighted by Gasteiger charge is -2.12. The molecule has 0 amide bonds. The maximum atomic E-state index is 14.8. The van der Waals surface area contributed by atoms with E-state index < -0.39 is 10.9 Å². The molecule has 1 heterocycles. The largest absolute Gasteiger partial charge is 0.492 e. The first-order valence-electron chi connectivity index (χ1n) is 8.17. The number of hydrogen-bond donors (Lipinski definition) is 2. The molecule has 0 saturated carbocycles. The van der Waals surface area contributed by atoms with Gasteiger partial charge >= 0.3 is 0 Å². The van der Waals surface area contributed by atoms with Gasteiger partial charge < -0.3 is 4.74 Å². The molecule has 3 aromatic rings. The molecule has 10 heteroatoms. The van der Waals surface area contributed by atoms with Crippen LogP contribution in [0.4, 0.5) is 10.2 Å². The molecule has 29 heavy (non-hydrogen) atoms. The van der Waals surface area contributed by atoms with Gasteiger partial charge in [0.2, 0.25) is 5.12 Å². The van der Waals surface area contributed by atoms with Gasteiger partial charge in [-0.15, -0.1) is 0 Å². The Hall–Kier alpha value is -2.39. The summed E-state index contributed by atoms with van der Waals surface area (Å²) >= 11 is 13.0. The number of carbonyl (C=O) groups excluding carboxylic acids is 1. The Labute approximate surface area is 180 Å². The molecular weight excluding hydrogens is 440 g/mol. The molecule has 1 aromatic heterocycles. The highest BCUT2D eigenvalue weighted by molar-refractivity contribution is 8.13. The number of benzene rings is 2. The zero-order valence-electron chi connectivity index (χ0n) is 14.9. The molecule has 0 bridgehead atoms. The van der Waals surface area contributed by atoms with E-state index in [4.69, 9.17) is 27.9 Å². The minimum Gasteiger partial charge on any atom is -0.492 e. The highest BCUT2D eigenvalue weighted by Crippen LogP contribution is 2.36. The fourth-order valence-electron chi connectivity index (χ4n) is 2.46. The van der Waals surface area contributed by atoms with Crippen molar-refractivity contribution in [3.8, 4) is 17.1 Å². The van der Waals surface area contributed by atoms with Gasteiger partial charge in [0.15, 0.2) is 23.2 Å². The molecule has 0 unspecified atom stereocenters. The van der Waals surface area contributed by atoms with Crippen molar-refractivity contribution in [1.29, 1.82) is 0 Å². The molecule has 0 radical (unpaired) electrons. The van der Waals surface area contributed by atoms with Crippen LogP contribution in [0.3, 0.4) is 0 Å². The first-order valence-corrected chi connectivity index (χ1v) is 9.91. The highest BCUT2D eigenvalue weighted by atomic mass is 35.5. The Morgan fingerprint density at radius 1 is 1.21 bits per heavy atom. The summed E-state index contributed by atoms with van der Waals surface area (Å²) in [5, 5.41) is 8.77. The lowest BCUT2D eigenvalue weighted by atomic mass is 10.1. The highest BCUT2D eigenvalue weighted by Gasteiger charge is 2.23. The van der Waals surface area contributed by atoms with Gasteiger partial charge in [0.05, 0.1) is 17.7 Å². The van der Waals surface area contributed by atoms with Gasteiger partial charge in [-0.05, 0) is 17.7 Å². The molecule has 0 saturated heterocycles. The van der Waals surface area contributed by atoms with E-state index in [1.807, 2.05) is 35.8 Å². The van der Waals surface area contributed by atoms with Crippen molar-refractivity contribution < 1.29 is 19.1 Å². The Morgan fingerprint density at radius 3 is 2.59 bits per heavy atom. The van der Waals surface area contributed by atoms with E-state index >= 15 is 0 Å². The molecule has 2 aromatic carbocycles. The second kappa shape index (κ2) is 9.41. The van der Waals surface area contributed by atoms with Crippen molar-refractivity contribution in [2.45, 2.75) is 5.75 Å². The number of ether oxygens (including phenoxy) is 1. The van der Waals surface area contributed by atoms with Crippen molar-refractivity contribution in [2.24, 2.45) is 0 Å². The number of aromatic nitrogens is 2. The van der Waals surface area contributed by atoms with Crippen LogP contribution >= 0.6 is 35.0 Å². The lowest BCUT2D eigenvalue weighted by molar-refractivity contribution is 0.108. The maximum absolute atomic E-state index is 14.8. The third-order valence-corrected chi connectivity index (χ3v) is 5.45.